The summed E-state index contributed by atoms with van der Waals surface area (Å²) in [5.41, 5.74) is 1.69. The van der Waals surface area contributed by atoms with Crippen molar-refractivity contribution in [2.75, 3.05) is 6.54 Å². The summed E-state index contributed by atoms with van der Waals surface area (Å²) in [6.45, 7) is 2.31. The van der Waals surface area contributed by atoms with Crippen LogP contribution in [0.3, 0.4) is 0 Å². The van der Waals surface area contributed by atoms with E-state index in [4.69, 9.17) is 0 Å². The Morgan fingerprint density at radius 3 is 2.30 bits per heavy atom. The number of allylic oxidation sites excluding steroid dienone is 1. The zero-order valence-electron chi connectivity index (χ0n) is 15.5. The maximum absolute atomic E-state index is 13.3. The third-order valence-corrected chi connectivity index (χ3v) is 7.59. The summed E-state index contributed by atoms with van der Waals surface area (Å²) in [6.07, 6.45) is 4.82. The Morgan fingerprint density at radius 2 is 1.70 bits per heavy atom. The van der Waals surface area contributed by atoms with Gasteiger partial charge in [-0.15, -0.1) is 0 Å². The topological polar surface area (TPSA) is 57.6 Å². The summed E-state index contributed by atoms with van der Waals surface area (Å²) in [5, 5.41) is 11.0. The van der Waals surface area contributed by atoms with Crippen molar-refractivity contribution >= 4 is 10.0 Å². The predicted octanol–water partition coefficient (Wildman–Crippen LogP) is 3.97. The van der Waals surface area contributed by atoms with Crippen LogP contribution in [0.15, 0.2) is 71.3 Å². The van der Waals surface area contributed by atoms with Crippen molar-refractivity contribution in [2.45, 2.75) is 49.0 Å². The Hall–Kier alpha value is -2.11. The molecule has 1 atom stereocenters. The van der Waals surface area contributed by atoms with Crippen molar-refractivity contribution in [1.29, 1.82) is 0 Å². The van der Waals surface area contributed by atoms with Crippen LogP contribution in [0.1, 0.15) is 42.7 Å². The molecule has 1 aliphatic heterocycles. The summed E-state index contributed by atoms with van der Waals surface area (Å²) >= 11 is 0. The quantitative estimate of drug-likeness (QED) is 0.869. The number of aliphatic hydroxyl groups is 1. The van der Waals surface area contributed by atoms with Crippen LogP contribution < -0.4 is 0 Å². The lowest BCUT2D eigenvalue weighted by Crippen LogP contribution is -2.49. The second-order valence-corrected chi connectivity index (χ2v) is 9.50. The average molecular weight is 384 g/mol. The van der Waals surface area contributed by atoms with E-state index in [-0.39, 0.29) is 10.8 Å². The predicted molar refractivity (Wildman–Crippen MR) is 106 cm³/mol. The number of rotatable bonds is 4. The molecule has 0 aromatic heterocycles. The molecule has 0 saturated heterocycles. The van der Waals surface area contributed by atoms with Gasteiger partial charge in [0.05, 0.1) is 10.6 Å². The Labute approximate surface area is 161 Å². The minimum absolute atomic E-state index is 0.121. The number of aryl methyl sites for hydroxylation is 1. The van der Waals surface area contributed by atoms with Crippen molar-refractivity contribution in [3.05, 3.63) is 77.5 Å². The molecule has 1 saturated carbocycles. The van der Waals surface area contributed by atoms with E-state index in [9.17, 15) is 13.5 Å². The molecule has 0 amide bonds. The molecule has 2 aromatic rings. The highest BCUT2D eigenvalue weighted by Gasteiger charge is 2.45. The van der Waals surface area contributed by atoms with Crippen LogP contribution in [0, 0.1) is 6.92 Å². The monoisotopic (exact) mass is 383 g/mol. The van der Waals surface area contributed by atoms with Gasteiger partial charge in [0.1, 0.15) is 5.60 Å². The smallest absolute Gasteiger partial charge is 0.264 e. The fourth-order valence-corrected chi connectivity index (χ4v) is 5.51. The van der Waals surface area contributed by atoms with E-state index in [1.54, 1.807) is 12.1 Å². The van der Waals surface area contributed by atoms with Gasteiger partial charge in [-0.2, -0.15) is 0 Å². The van der Waals surface area contributed by atoms with Crippen LogP contribution in [-0.2, 0) is 10.0 Å². The van der Waals surface area contributed by atoms with Gasteiger partial charge in [-0.05, 0) is 50.3 Å². The fourth-order valence-electron chi connectivity index (χ4n) is 3.94. The van der Waals surface area contributed by atoms with Gasteiger partial charge in [0.25, 0.3) is 10.0 Å². The van der Waals surface area contributed by atoms with E-state index in [0.717, 1.165) is 17.5 Å². The molecular formula is C22H25NO3S. The van der Waals surface area contributed by atoms with Gasteiger partial charge in [-0.1, -0.05) is 54.1 Å². The third-order valence-electron chi connectivity index (χ3n) is 5.77. The highest BCUT2D eigenvalue weighted by atomic mass is 32.2. The minimum atomic E-state index is -3.69. The maximum atomic E-state index is 13.3. The van der Waals surface area contributed by atoms with Gasteiger partial charge in [-0.25, -0.2) is 8.42 Å². The summed E-state index contributed by atoms with van der Waals surface area (Å²) < 4.78 is 28.1. The minimum Gasteiger partial charge on any atom is -0.384 e. The molecule has 0 bridgehead atoms. The third kappa shape index (κ3) is 3.30. The molecule has 5 heteroatoms. The van der Waals surface area contributed by atoms with E-state index >= 15 is 0 Å². The van der Waals surface area contributed by atoms with Crippen LogP contribution in [-0.4, -0.2) is 30.0 Å². The molecule has 4 nitrogen and oxygen atoms in total. The van der Waals surface area contributed by atoms with E-state index in [1.165, 1.54) is 4.31 Å². The molecule has 2 aromatic carbocycles. The molecule has 1 N–H and O–H groups in total. The molecule has 142 valence electrons. The van der Waals surface area contributed by atoms with Gasteiger partial charge < -0.3 is 5.11 Å². The zero-order chi connectivity index (χ0) is 19.1. The van der Waals surface area contributed by atoms with Crippen molar-refractivity contribution in [2.24, 2.45) is 0 Å². The second kappa shape index (κ2) is 6.80. The van der Waals surface area contributed by atoms with E-state index in [2.05, 4.69) is 12.1 Å². The molecule has 27 heavy (non-hydrogen) atoms. The number of nitrogens with zero attached hydrogens (tertiary/aromatic N) is 1. The number of benzene rings is 2. The normalized spacial score (nSPS) is 22.1. The molecule has 1 fully saturated rings. The van der Waals surface area contributed by atoms with Crippen LogP contribution >= 0.6 is 0 Å². The lowest BCUT2D eigenvalue weighted by Gasteiger charge is -2.46. The molecule has 2 aliphatic rings. The molecule has 4 rings (SSSR count). The van der Waals surface area contributed by atoms with Crippen molar-refractivity contribution < 1.29 is 13.5 Å². The molecular weight excluding hydrogens is 358 g/mol. The first-order chi connectivity index (χ1) is 12.9. The van der Waals surface area contributed by atoms with Crippen molar-refractivity contribution in [3.63, 3.8) is 0 Å². The highest BCUT2D eigenvalue weighted by molar-refractivity contribution is 7.89. The van der Waals surface area contributed by atoms with Gasteiger partial charge in [0.15, 0.2) is 0 Å². The summed E-state index contributed by atoms with van der Waals surface area (Å²) in [4.78, 5) is 0.278. The Kier molecular flexibility index (Phi) is 4.60. The summed E-state index contributed by atoms with van der Waals surface area (Å²) in [7, 11) is -3.69. The number of sulfonamides is 1. The van der Waals surface area contributed by atoms with Gasteiger partial charge in [0, 0.05) is 12.5 Å². The first-order valence-electron chi connectivity index (χ1n) is 9.49. The van der Waals surface area contributed by atoms with E-state index in [1.807, 2.05) is 43.3 Å². The first-order valence-corrected chi connectivity index (χ1v) is 10.9. The molecule has 0 spiro atoms. The Morgan fingerprint density at radius 1 is 1.04 bits per heavy atom. The highest BCUT2D eigenvalue weighted by Crippen LogP contribution is 2.45. The largest absolute Gasteiger partial charge is 0.384 e. The number of hydrogen-bond acceptors (Lipinski definition) is 3. The molecule has 0 unspecified atom stereocenters. The average Bonchev–Trinajstić information content (AvgIpc) is 2.66. The SMILES string of the molecule is Cc1ccc(S(=O)(=O)N2CC[C@H](c3ccccc3)C=C2C2(O)CCC2)cc1. The second-order valence-electron chi connectivity index (χ2n) is 7.63. The Balaban J connectivity index is 1.75. The lowest BCUT2D eigenvalue weighted by atomic mass is 9.75. The first kappa shape index (κ1) is 18.3. The molecule has 0 radical (unpaired) electrons. The standard InChI is InChI=1S/C22H25NO3S/c1-17-8-10-20(11-9-17)27(25,26)23-15-12-19(18-6-3-2-4-7-18)16-21(23)22(24)13-5-14-22/h2-4,6-11,16,19,24H,5,12-15H2,1H3/t19-/m0/s1. The molecule has 1 aliphatic carbocycles. The van der Waals surface area contributed by atoms with Crippen molar-refractivity contribution in [1.82, 2.24) is 4.31 Å². The van der Waals surface area contributed by atoms with Crippen LogP contribution in [0.4, 0.5) is 0 Å². The van der Waals surface area contributed by atoms with Gasteiger partial charge in [0.2, 0.25) is 0 Å². The van der Waals surface area contributed by atoms with Gasteiger partial charge >= 0.3 is 0 Å². The van der Waals surface area contributed by atoms with Crippen LogP contribution in [0.2, 0.25) is 0 Å². The maximum Gasteiger partial charge on any atom is 0.264 e. The van der Waals surface area contributed by atoms with Crippen LogP contribution in [0.25, 0.3) is 0 Å². The van der Waals surface area contributed by atoms with E-state index < -0.39 is 15.6 Å². The summed E-state index contributed by atoms with van der Waals surface area (Å²) in [6, 6.07) is 17.0. The lowest BCUT2D eigenvalue weighted by molar-refractivity contribution is -0.0149. The van der Waals surface area contributed by atoms with Crippen molar-refractivity contribution in [3.8, 4) is 0 Å². The summed E-state index contributed by atoms with van der Waals surface area (Å²) in [5.74, 6) is 0.121. The van der Waals surface area contributed by atoms with Crippen LogP contribution in [0.5, 0.6) is 0 Å². The molecule has 1 heterocycles. The zero-order valence-corrected chi connectivity index (χ0v) is 16.3. The number of hydrogen-bond donors (Lipinski definition) is 1. The van der Waals surface area contributed by atoms with Gasteiger partial charge in [-0.3, -0.25) is 4.31 Å². The Bertz CT molecular complexity index is 945. The fraction of sp³-hybridized carbons (Fsp3) is 0.364. The van der Waals surface area contributed by atoms with E-state index in [0.29, 0.717) is 31.5 Å².